The first-order valence-corrected chi connectivity index (χ1v) is 9.05. The van der Waals surface area contributed by atoms with Crippen molar-refractivity contribution < 1.29 is 18.3 Å². The number of hydrogen-bond acceptors (Lipinski definition) is 4. The van der Waals surface area contributed by atoms with Crippen LogP contribution < -0.4 is 4.90 Å². The molecule has 1 aromatic heterocycles. The molecule has 2 fully saturated rings. The zero-order chi connectivity index (χ0) is 18.9. The summed E-state index contributed by atoms with van der Waals surface area (Å²) in [5.41, 5.74) is 0.749. The van der Waals surface area contributed by atoms with Crippen molar-refractivity contribution in [3.8, 4) is 0 Å². The van der Waals surface area contributed by atoms with Gasteiger partial charge in [0.15, 0.2) is 0 Å². The van der Waals surface area contributed by atoms with Gasteiger partial charge in [-0.05, 0) is 37.1 Å². The Morgan fingerprint density at radius 2 is 2.00 bits per heavy atom. The van der Waals surface area contributed by atoms with E-state index in [2.05, 4.69) is 9.88 Å². The number of aromatic nitrogens is 1. The molecule has 0 bridgehead atoms. The largest absolute Gasteiger partial charge is 0.363 e. The van der Waals surface area contributed by atoms with Crippen LogP contribution in [0.1, 0.15) is 18.4 Å². The molecule has 2 saturated heterocycles. The summed E-state index contributed by atoms with van der Waals surface area (Å²) >= 11 is 0. The van der Waals surface area contributed by atoms with Crippen LogP contribution in [0.15, 0.2) is 42.7 Å². The molecule has 3 heterocycles. The molecular weight excluding hydrogens is 352 g/mol. The van der Waals surface area contributed by atoms with Gasteiger partial charge in [0, 0.05) is 37.1 Å². The molecule has 1 spiro atoms. The molecule has 0 atom stereocenters. The van der Waals surface area contributed by atoms with E-state index < -0.39 is 5.60 Å². The number of ether oxygens (including phenoxy) is 1. The molecule has 0 aliphatic carbocycles. The van der Waals surface area contributed by atoms with Gasteiger partial charge < -0.3 is 9.64 Å². The number of carbonyl (C=O) groups excluding carboxylic acids is 1. The minimum atomic E-state index is -0.437. The van der Waals surface area contributed by atoms with Crippen LogP contribution in [0.4, 0.5) is 14.5 Å². The van der Waals surface area contributed by atoms with Gasteiger partial charge in [-0.3, -0.25) is 14.7 Å². The zero-order valence-corrected chi connectivity index (χ0v) is 14.9. The van der Waals surface area contributed by atoms with Crippen molar-refractivity contribution in [3.63, 3.8) is 0 Å². The van der Waals surface area contributed by atoms with Crippen molar-refractivity contribution in [2.24, 2.45) is 0 Å². The van der Waals surface area contributed by atoms with Gasteiger partial charge in [-0.25, -0.2) is 8.78 Å². The standard InChI is InChI=1S/C20H21F2N3O2/c21-16-2-1-3-17(10-16)25-14-20(27-13-19(25)26)5-8-24(9-6-20)12-15-4-7-23-11-18(15)22/h1-4,7,10-11H,5-6,8-9,12-14H2. The molecule has 2 aromatic rings. The summed E-state index contributed by atoms with van der Waals surface area (Å²) in [7, 11) is 0. The fourth-order valence-electron chi connectivity index (χ4n) is 3.79. The van der Waals surface area contributed by atoms with Gasteiger partial charge in [-0.1, -0.05) is 6.07 Å². The molecule has 4 rings (SSSR count). The van der Waals surface area contributed by atoms with E-state index in [9.17, 15) is 13.6 Å². The Labute approximate surface area is 156 Å². The van der Waals surface area contributed by atoms with Crippen molar-refractivity contribution in [2.75, 3.05) is 31.1 Å². The second-order valence-corrected chi connectivity index (χ2v) is 7.17. The maximum absolute atomic E-state index is 13.8. The molecule has 27 heavy (non-hydrogen) atoms. The van der Waals surface area contributed by atoms with E-state index in [0.29, 0.717) is 24.3 Å². The first-order chi connectivity index (χ1) is 13.0. The number of morpholine rings is 1. The lowest BCUT2D eigenvalue weighted by Gasteiger charge is -2.47. The van der Waals surface area contributed by atoms with Crippen LogP contribution in [0.25, 0.3) is 0 Å². The number of pyridine rings is 1. The normalized spacial score (nSPS) is 20.2. The van der Waals surface area contributed by atoms with Gasteiger partial charge in [0.25, 0.3) is 5.91 Å². The highest BCUT2D eigenvalue weighted by molar-refractivity contribution is 5.95. The molecule has 0 radical (unpaired) electrons. The highest BCUT2D eigenvalue weighted by Gasteiger charge is 2.42. The Morgan fingerprint density at radius 3 is 2.74 bits per heavy atom. The average Bonchev–Trinajstić information content (AvgIpc) is 2.68. The summed E-state index contributed by atoms with van der Waals surface area (Å²) in [6, 6.07) is 7.77. The number of carbonyl (C=O) groups is 1. The number of hydrogen-bond donors (Lipinski definition) is 0. The number of benzene rings is 1. The van der Waals surface area contributed by atoms with Crippen molar-refractivity contribution in [3.05, 3.63) is 59.9 Å². The Balaban J connectivity index is 1.43. The minimum absolute atomic E-state index is 0.00447. The second kappa shape index (κ2) is 7.32. The van der Waals surface area contributed by atoms with Gasteiger partial charge in [0.1, 0.15) is 18.2 Å². The quantitative estimate of drug-likeness (QED) is 0.830. The predicted molar refractivity (Wildman–Crippen MR) is 96.1 cm³/mol. The summed E-state index contributed by atoms with van der Waals surface area (Å²) in [5, 5.41) is 0. The van der Waals surface area contributed by atoms with Crippen LogP contribution in [0, 0.1) is 11.6 Å². The molecule has 1 amide bonds. The molecule has 0 saturated carbocycles. The first kappa shape index (κ1) is 18.0. The lowest BCUT2D eigenvalue weighted by atomic mass is 9.88. The zero-order valence-electron chi connectivity index (χ0n) is 14.9. The Kier molecular flexibility index (Phi) is 4.88. The molecule has 142 valence electrons. The number of likely N-dealkylation sites (tertiary alicyclic amines) is 1. The Hall–Kier alpha value is -2.38. The van der Waals surface area contributed by atoms with E-state index in [1.807, 2.05) is 0 Å². The highest BCUT2D eigenvalue weighted by atomic mass is 19.1. The smallest absolute Gasteiger partial charge is 0.253 e. The summed E-state index contributed by atoms with van der Waals surface area (Å²) in [5.74, 6) is -0.822. The number of halogens is 2. The topological polar surface area (TPSA) is 45.7 Å². The maximum Gasteiger partial charge on any atom is 0.253 e. The third-order valence-corrected chi connectivity index (χ3v) is 5.39. The lowest BCUT2D eigenvalue weighted by Crippen LogP contribution is -2.58. The molecule has 7 heteroatoms. The van der Waals surface area contributed by atoms with Crippen molar-refractivity contribution in [1.82, 2.24) is 9.88 Å². The van der Waals surface area contributed by atoms with Crippen LogP contribution in [0.5, 0.6) is 0 Å². The van der Waals surface area contributed by atoms with Gasteiger partial charge in [-0.2, -0.15) is 0 Å². The summed E-state index contributed by atoms with van der Waals surface area (Å²) < 4.78 is 33.3. The number of anilines is 1. The number of piperidine rings is 1. The minimum Gasteiger partial charge on any atom is -0.363 e. The maximum atomic E-state index is 13.8. The Bertz CT molecular complexity index is 837. The van der Waals surface area contributed by atoms with Crippen LogP contribution in [0.3, 0.4) is 0 Å². The van der Waals surface area contributed by atoms with E-state index in [1.165, 1.54) is 18.3 Å². The molecule has 5 nitrogen and oxygen atoms in total. The van der Waals surface area contributed by atoms with Crippen LogP contribution in [-0.4, -0.2) is 47.6 Å². The fourth-order valence-corrected chi connectivity index (χ4v) is 3.79. The second-order valence-electron chi connectivity index (χ2n) is 7.17. The predicted octanol–water partition coefficient (Wildman–Crippen LogP) is 2.76. The summed E-state index contributed by atoms with van der Waals surface area (Å²) in [4.78, 5) is 19.9. The van der Waals surface area contributed by atoms with Gasteiger partial charge in [-0.15, -0.1) is 0 Å². The average molecular weight is 373 g/mol. The number of amides is 1. The third kappa shape index (κ3) is 3.84. The lowest BCUT2D eigenvalue weighted by molar-refractivity contribution is -0.145. The number of nitrogens with zero attached hydrogens (tertiary/aromatic N) is 3. The van der Waals surface area contributed by atoms with Crippen LogP contribution in [-0.2, 0) is 16.1 Å². The molecular formula is C20H21F2N3O2. The molecule has 0 N–H and O–H groups in total. The fraction of sp³-hybridized carbons (Fsp3) is 0.400. The van der Waals surface area contributed by atoms with E-state index in [0.717, 1.165) is 25.9 Å². The van der Waals surface area contributed by atoms with Gasteiger partial charge in [0.2, 0.25) is 0 Å². The first-order valence-electron chi connectivity index (χ1n) is 9.05. The van der Waals surface area contributed by atoms with E-state index in [4.69, 9.17) is 4.74 Å². The highest BCUT2D eigenvalue weighted by Crippen LogP contribution is 2.33. The summed E-state index contributed by atoms with van der Waals surface area (Å²) in [6.07, 6.45) is 4.29. The Morgan fingerprint density at radius 1 is 1.19 bits per heavy atom. The van der Waals surface area contributed by atoms with Crippen LogP contribution >= 0.6 is 0 Å². The van der Waals surface area contributed by atoms with E-state index >= 15 is 0 Å². The van der Waals surface area contributed by atoms with Crippen molar-refractivity contribution >= 4 is 11.6 Å². The van der Waals surface area contributed by atoms with Crippen molar-refractivity contribution in [1.29, 1.82) is 0 Å². The van der Waals surface area contributed by atoms with E-state index in [1.54, 1.807) is 29.3 Å². The molecule has 0 unspecified atom stereocenters. The van der Waals surface area contributed by atoms with E-state index in [-0.39, 0.29) is 24.1 Å². The van der Waals surface area contributed by atoms with Gasteiger partial charge in [0.05, 0.1) is 18.3 Å². The molecule has 2 aliphatic rings. The van der Waals surface area contributed by atoms with Crippen LogP contribution in [0.2, 0.25) is 0 Å². The van der Waals surface area contributed by atoms with Gasteiger partial charge >= 0.3 is 0 Å². The molecule has 2 aliphatic heterocycles. The number of rotatable bonds is 3. The molecule has 1 aromatic carbocycles. The van der Waals surface area contributed by atoms with Crippen molar-refractivity contribution in [2.45, 2.75) is 25.0 Å². The SMILES string of the molecule is O=C1COC2(CCN(Cc3ccncc3F)CC2)CN1c1cccc(F)c1. The summed E-state index contributed by atoms with van der Waals surface area (Å²) in [6.45, 7) is 2.42. The monoisotopic (exact) mass is 373 g/mol. The third-order valence-electron chi connectivity index (χ3n) is 5.39.